The van der Waals surface area contributed by atoms with Gasteiger partial charge in [0.05, 0.1) is 5.56 Å². The number of nitrogens with zero attached hydrogens (tertiary/aromatic N) is 1. The highest BCUT2D eigenvalue weighted by Crippen LogP contribution is 2.31. The third kappa shape index (κ3) is 2.97. The molecule has 0 bridgehead atoms. The zero-order valence-electron chi connectivity index (χ0n) is 13.0. The van der Waals surface area contributed by atoms with E-state index in [-0.39, 0.29) is 11.5 Å². The first-order valence-electron chi connectivity index (χ1n) is 7.26. The first-order valence-corrected chi connectivity index (χ1v) is 7.26. The van der Waals surface area contributed by atoms with Crippen molar-refractivity contribution in [1.82, 2.24) is 4.90 Å². The largest absolute Gasteiger partial charge is 0.508 e. The van der Waals surface area contributed by atoms with Gasteiger partial charge in [-0.05, 0) is 24.3 Å². The molecule has 1 heterocycles. The van der Waals surface area contributed by atoms with Crippen LogP contribution in [0.25, 0.3) is 17.0 Å². The first kappa shape index (κ1) is 14.9. The van der Waals surface area contributed by atoms with Crippen molar-refractivity contribution < 1.29 is 14.3 Å². The molecule has 0 spiro atoms. The molecule has 2 aromatic carbocycles. The van der Waals surface area contributed by atoms with Crippen molar-refractivity contribution in [2.75, 3.05) is 14.1 Å². The molecule has 4 nitrogen and oxygen atoms in total. The van der Waals surface area contributed by atoms with Gasteiger partial charge in [-0.3, -0.25) is 4.79 Å². The summed E-state index contributed by atoms with van der Waals surface area (Å²) in [5.41, 5.74) is 1.61. The Bertz CT molecular complexity index is 876. The lowest BCUT2D eigenvalue weighted by atomic mass is 10.00. The Hall–Kier alpha value is -3.01. The van der Waals surface area contributed by atoms with Gasteiger partial charge in [-0.1, -0.05) is 30.3 Å². The fourth-order valence-electron chi connectivity index (χ4n) is 2.41. The lowest BCUT2D eigenvalue weighted by molar-refractivity contribution is 0.103. The molecule has 1 N–H and O–H groups in total. The number of hydrogen-bond acceptors (Lipinski definition) is 4. The SMILES string of the molecule is CN(C)/C=C\c1oc2ccc(O)cc2c1C(=O)c1ccccc1. The Morgan fingerprint density at radius 1 is 1.13 bits per heavy atom. The molecule has 3 rings (SSSR count). The number of rotatable bonds is 4. The minimum absolute atomic E-state index is 0.101. The second kappa shape index (κ2) is 6.01. The van der Waals surface area contributed by atoms with Crippen molar-refractivity contribution in [2.24, 2.45) is 0 Å². The Morgan fingerprint density at radius 2 is 1.87 bits per heavy atom. The summed E-state index contributed by atoms with van der Waals surface area (Å²) in [5, 5.41) is 10.4. The van der Waals surface area contributed by atoms with Crippen LogP contribution in [-0.2, 0) is 0 Å². The van der Waals surface area contributed by atoms with Crippen LogP contribution in [0, 0.1) is 0 Å². The number of fused-ring (bicyclic) bond motifs is 1. The average Bonchev–Trinajstić information content (AvgIpc) is 2.90. The van der Waals surface area contributed by atoms with Crippen LogP contribution >= 0.6 is 0 Å². The molecule has 0 amide bonds. The molecular weight excluding hydrogens is 290 g/mol. The van der Waals surface area contributed by atoms with E-state index in [4.69, 9.17) is 4.42 Å². The molecular formula is C19H17NO3. The maximum atomic E-state index is 12.9. The van der Waals surface area contributed by atoms with Crippen LogP contribution in [-0.4, -0.2) is 29.9 Å². The smallest absolute Gasteiger partial charge is 0.197 e. The topological polar surface area (TPSA) is 53.7 Å². The lowest BCUT2D eigenvalue weighted by Crippen LogP contribution is -2.03. The highest BCUT2D eigenvalue weighted by Gasteiger charge is 2.21. The number of phenols is 1. The molecule has 4 heteroatoms. The van der Waals surface area contributed by atoms with Gasteiger partial charge in [0.15, 0.2) is 5.78 Å². The summed E-state index contributed by atoms with van der Waals surface area (Å²) in [5.74, 6) is 0.449. The van der Waals surface area contributed by atoms with Gasteiger partial charge in [0.25, 0.3) is 0 Å². The Kier molecular flexibility index (Phi) is 3.89. The number of ketones is 1. The molecule has 0 radical (unpaired) electrons. The maximum absolute atomic E-state index is 12.9. The van der Waals surface area contributed by atoms with Crippen LogP contribution in [0.5, 0.6) is 5.75 Å². The molecule has 0 aliphatic heterocycles. The average molecular weight is 307 g/mol. The molecule has 0 aliphatic carbocycles. The fourth-order valence-corrected chi connectivity index (χ4v) is 2.41. The van der Waals surface area contributed by atoms with Gasteiger partial charge < -0.3 is 14.4 Å². The third-order valence-corrected chi connectivity index (χ3v) is 3.49. The van der Waals surface area contributed by atoms with E-state index in [1.807, 2.05) is 43.4 Å². The monoisotopic (exact) mass is 307 g/mol. The Balaban J connectivity index is 2.21. The molecule has 23 heavy (non-hydrogen) atoms. The molecule has 0 saturated heterocycles. The molecule has 0 atom stereocenters. The predicted octanol–water partition coefficient (Wildman–Crippen LogP) is 3.90. The number of aromatic hydroxyl groups is 1. The van der Waals surface area contributed by atoms with E-state index < -0.39 is 0 Å². The van der Waals surface area contributed by atoms with Crippen LogP contribution < -0.4 is 0 Å². The zero-order valence-corrected chi connectivity index (χ0v) is 13.0. The second-order valence-corrected chi connectivity index (χ2v) is 5.50. The first-order chi connectivity index (χ1) is 11.1. The van der Waals surface area contributed by atoms with Crippen LogP contribution in [0.4, 0.5) is 0 Å². The number of carbonyl (C=O) groups excluding carboxylic acids is 1. The summed E-state index contributed by atoms with van der Waals surface area (Å²) in [6.45, 7) is 0. The van der Waals surface area contributed by atoms with E-state index >= 15 is 0 Å². The quantitative estimate of drug-likeness (QED) is 0.743. The van der Waals surface area contributed by atoms with Crippen molar-refractivity contribution in [3.63, 3.8) is 0 Å². The van der Waals surface area contributed by atoms with Crippen LogP contribution in [0.2, 0.25) is 0 Å². The summed E-state index contributed by atoms with van der Waals surface area (Å²) in [4.78, 5) is 14.8. The summed E-state index contributed by atoms with van der Waals surface area (Å²) >= 11 is 0. The van der Waals surface area contributed by atoms with Gasteiger partial charge in [-0.25, -0.2) is 0 Å². The number of carbonyl (C=O) groups is 1. The van der Waals surface area contributed by atoms with Crippen LogP contribution in [0.3, 0.4) is 0 Å². The molecule has 3 aromatic rings. The number of benzene rings is 2. The Labute approximate surface area is 134 Å². The standard InChI is InChI=1S/C19H17NO3/c1-20(2)11-10-17-18(19(22)13-6-4-3-5-7-13)15-12-14(21)8-9-16(15)23-17/h3-12,21H,1-2H3/b11-10-. The number of hydrogen-bond donors (Lipinski definition) is 1. The molecule has 116 valence electrons. The van der Waals surface area contributed by atoms with Crippen molar-refractivity contribution in [1.29, 1.82) is 0 Å². The van der Waals surface area contributed by atoms with E-state index in [1.54, 1.807) is 36.4 Å². The van der Waals surface area contributed by atoms with Gasteiger partial charge in [-0.2, -0.15) is 0 Å². The molecule has 1 aromatic heterocycles. The zero-order chi connectivity index (χ0) is 16.4. The van der Waals surface area contributed by atoms with Crippen molar-refractivity contribution in [3.8, 4) is 5.75 Å². The lowest BCUT2D eigenvalue weighted by Gasteiger charge is -2.04. The van der Waals surface area contributed by atoms with Crippen LogP contribution in [0.1, 0.15) is 21.7 Å². The van der Waals surface area contributed by atoms with Gasteiger partial charge in [-0.15, -0.1) is 0 Å². The molecule has 0 fully saturated rings. The highest BCUT2D eigenvalue weighted by atomic mass is 16.3. The fraction of sp³-hybridized carbons (Fsp3) is 0.105. The van der Waals surface area contributed by atoms with E-state index in [9.17, 15) is 9.90 Å². The molecule has 0 saturated carbocycles. The van der Waals surface area contributed by atoms with Gasteiger partial charge in [0.2, 0.25) is 0 Å². The van der Waals surface area contributed by atoms with E-state index in [1.165, 1.54) is 0 Å². The minimum atomic E-state index is -0.131. The predicted molar refractivity (Wildman–Crippen MR) is 90.5 cm³/mol. The van der Waals surface area contributed by atoms with Crippen molar-refractivity contribution >= 4 is 22.8 Å². The van der Waals surface area contributed by atoms with Crippen LogP contribution in [0.15, 0.2) is 59.1 Å². The normalized spacial score (nSPS) is 11.2. The van der Waals surface area contributed by atoms with E-state index in [2.05, 4.69) is 0 Å². The van der Waals surface area contributed by atoms with E-state index in [0.717, 1.165) is 0 Å². The summed E-state index contributed by atoms with van der Waals surface area (Å²) in [6.07, 6.45) is 3.58. The van der Waals surface area contributed by atoms with Gasteiger partial charge in [0.1, 0.15) is 17.1 Å². The number of furan rings is 1. The van der Waals surface area contributed by atoms with Crippen molar-refractivity contribution in [2.45, 2.75) is 0 Å². The summed E-state index contributed by atoms with van der Waals surface area (Å²) in [6, 6.07) is 13.8. The number of phenolic OH excluding ortho intramolecular Hbond substituents is 1. The Morgan fingerprint density at radius 3 is 2.57 bits per heavy atom. The maximum Gasteiger partial charge on any atom is 0.197 e. The molecule has 0 unspecified atom stereocenters. The van der Waals surface area contributed by atoms with E-state index in [0.29, 0.717) is 27.9 Å². The third-order valence-electron chi connectivity index (χ3n) is 3.49. The second-order valence-electron chi connectivity index (χ2n) is 5.50. The van der Waals surface area contributed by atoms with Gasteiger partial charge >= 0.3 is 0 Å². The molecule has 0 aliphatic rings. The van der Waals surface area contributed by atoms with Gasteiger partial charge in [0, 0.05) is 31.2 Å². The minimum Gasteiger partial charge on any atom is -0.508 e. The highest BCUT2D eigenvalue weighted by molar-refractivity contribution is 6.18. The summed E-state index contributed by atoms with van der Waals surface area (Å²) < 4.78 is 5.80. The van der Waals surface area contributed by atoms with Crippen molar-refractivity contribution in [3.05, 3.63) is 71.6 Å². The summed E-state index contributed by atoms with van der Waals surface area (Å²) in [7, 11) is 3.79.